The molecule has 0 radical (unpaired) electrons. The Balaban J connectivity index is 3.00. The van der Waals surface area contributed by atoms with Crippen molar-refractivity contribution in [2.75, 3.05) is 7.05 Å². The van der Waals surface area contributed by atoms with E-state index in [1.54, 1.807) is 0 Å². The normalized spacial score (nSPS) is 13.3. The minimum absolute atomic E-state index is 0.0639. The van der Waals surface area contributed by atoms with Gasteiger partial charge in [0.15, 0.2) is 5.82 Å². The van der Waals surface area contributed by atoms with Crippen LogP contribution in [0.1, 0.15) is 46.3 Å². The first-order valence-electron chi connectivity index (χ1n) is 4.81. The van der Waals surface area contributed by atoms with E-state index in [0.29, 0.717) is 5.89 Å². The third-order valence-corrected chi connectivity index (χ3v) is 2.26. The van der Waals surface area contributed by atoms with Gasteiger partial charge < -0.3 is 9.84 Å². The molecule has 0 atom stereocenters. The van der Waals surface area contributed by atoms with E-state index in [-0.39, 0.29) is 11.0 Å². The van der Waals surface area contributed by atoms with Gasteiger partial charge >= 0.3 is 0 Å². The zero-order chi connectivity index (χ0) is 11.0. The van der Waals surface area contributed by atoms with Crippen LogP contribution in [0.3, 0.4) is 0 Å². The molecule has 1 rings (SSSR count). The molecule has 0 saturated carbocycles. The van der Waals surface area contributed by atoms with Crippen molar-refractivity contribution >= 4 is 0 Å². The van der Waals surface area contributed by atoms with Crippen LogP contribution in [0, 0.1) is 0 Å². The molecule has 14 heavy (non-hydrogen) atoms. The molecule has 4 heteroatoms. The summed E-state index contributed by atoms with van der Waals surface area (Å²) < 4.78 is 5.22. The van der Waals surface area contributed by atoms with Crippen molar-refractivity contribution in [1.29, 1.82) is 0 Å². The number of nitrogens with zero attached hydrogens (tertiary/aromatic N) is 2. The molecule has 0 aliphatic carbocycles. The SMILES string of the molecule is CNC(C)(C)c1nc(C(C)(C)C)no1. The zero-order valence-electron chi connectivity index (χ0n) is 9.80. The number of nitrogens with one attached hydrogen (secondary N) is 1. The summed E-state index contributed by atoms with van der Waals surface area (Å²) in [5, 5.41) is 7.10. The Morgan fingerprint density at radius 3 is 2.07 bits per heavy atom. The lowest BCUT2D eigenvalue weighted by molar-refractivity contribution is 0.277. The quantitative estimate of drug-likeness (QED) is 0.785. The van der Waals surface area contributed by atoms with Gasteiger partial charge in [-0.05, 0) is 20.9 Å². The molecule has 0 bridgehead atoms. The van der Waals surface area contributed by atoms with E-state index in [1.165, 1.54) is 0 Å². The zero-order valence-corrected chi connectivity index (χ0v) is 9.80. The Labute approximate surface area is 85.1 Å². The van der Waals surface area contributed by atoms with Crippen LogP contribution in [-0.2, 0) is 11.0 Å². The van der Waals surface area contributed by atoms with Crippen molar-refractivity contribution in [2.24, 2.45) is 0 Å². The van der Waals surface area contributed by atoms with E-state index in [0.717, 1.165) is 5.82 Å². The monoisotopic (exact) mass is 197 g/mol. The lowest BCUT2D eigenvalue weighted by atomic mass is 9.96. The maximum Gasteiger partial charge on any atom is 0.246 e. The first kappa shape index (κ1) is 11.2. The summed E-state index contributed by atoms with van der Waals surface area (Å²) in [6.07, 6.45) is 0. The number of hydrogen-bond donors (Lipinski definition) is 1. The van der Waals surface area contributed by atoms with Gasteiger partial charge in [0, 0.05) is 5.41 Å². The smallest absolute Gasteiger partial charge is 0.246 e. The van der Waals surface area contributed by atoms with Gasteiger partial charge in [-0.1, -0.05) is 25.9 Å². The highest BCUT2D eigenvalue weighted by molar-refractivity contribution is 5.04. The Morgan fingerprint density at radius 2 is 1.71 bits per heavy atom. The first-order chi connectivity index (χ1) is 6.27. The van der Waals surface area contributed by atoms with Crippen LogP contribution < -0.4 is 5.32 Å². The van der Waals surface area contributed by atoms with Crippen LogP contribution in [0.4, 0.5) is 0 Å². The van der Waals surface area contributed by atoms with Gasteiger partial charge in [0.2, 0.25) is 5.89 Å². The fraction of sp³-hybridized carbons (Fsp3) is 0.800. The number of aromatic nitrogens is 2. The predicted molar refractivity (Wildman–Crippen MR) is 55.1 cm³/mol. The maximum atomic E-state index is 5.22. The second kappa shape index (κ2) is 3.35. The highest BCUT2D eigenvalue weighted by atomic mass is 16.5. The molecule has 0 unspecified atom stereocenters. The topological polar surface area (TPSA) is 51.0 Å². The van der Waals surface area contributed by atoms with Crippen LogP contribution in [0.5, 0.6) is 0 Å². The van der Waals surface area contributed by atoms with E-state index < -0.39 is 0 Å². The van der Waals surface area contributed by atoms with Gasteiger partial charge in [-0.25, -0.2) is 0 Å². The van der Waals surface area contributed by atoms with E-state index in [9.17, 15) is 0 Å². The van der Waals surface area contributed by atoms with Crippen molar-refractivity contribution in [3.8, 4) is 0 Å². The third kappa shape index (κ3) is 2.12. The standard InChI is InChI=1S/C10H19N3O/c1-9(2,3)7-12-8(14-13-7)10(4,5)11-6/h11H,1-6H3. The van der Waals surface area contributed by atoms with Crippen molar-refractivity contribution in [1.82, 2.24) is 15.5 Å². The van der Waals surface area contributed by atoms with Crippen LogP contribution in [0.2, 0.25) is 0 Å². The highest BCUT2D eigenvalue weighted by Gasteiger charge is 2.28. The summed E-state index contributed by atoms with van der Waals surface area (Å²) in [6.45, 7) is 10.2. The molecule has 0 aliphatic rings. The predicted octanol–water partition coefficient (Wildman–Crippen LogP) is 1.82. The average Bonchev–Trinajstić information content (AvgIpc) is 2.51. The largest absolute Gasteiger partial charge is 0.337 e. The van der Waals surface area contributed by atoms with E-state index in [1.807, 2.05) is 20.9 Å². The van der Waals surface area contributed by atoms with Gasteiger partial charge in [-0.15, -0.1) is 0 Å². The van der Waals surface area contributed by atoms with Gasteiger partial charge in [0.25, 0.3) is 0 Å². The van der Waals surface area contributed by atoms with Gasteiger partial charge in [0.05, 0.1) is 5.54 Å². The second-order valence-corrected chi connectivity index (χ2v) is 5.05. The molecular formula is C10H19N3O. The summed E-state index contributed by atoms with van der Waals surface area (Å²) >= 11 is 0. The Hall–Kier alpha value is -0.900. The average molecular weight is 197 g/mol. The molecule has 1 N–H and O–H groups in total. The Morgan fingerprint density at radius 1 is 1.14 bits per heavy atom. The van der Waals surface area contributed by atoms with Gasteiger partial charge in [0.1, 0.15) is 0 Å². The molecule has 80 valence electrons. The van der Waals surface area contributed by atoms with E-state index >= 15 is 0 Å². The van der Waals surface area contributed by atoms with Crippen LogP contribution in [0.15, 0.2) is 4.52 Å². The fourth-order valence-corrected chi connectivity index (χ4v) is 0.889. The lowest BCUT2D eigenvalue weighted by Gasteiger charge is -2.18. The van der Waals surface area contributed by atoms with Gasteiger partial charge in [-0.2, -0.15) is 4.98 Å². The third-order valence-electron chi connectivity index (χ3n) is 2.26. The van der Waals surface area contributed by atoms with E-state index in [2.05, 4.69) is 36.2 Å². The Bertz CT molecular complexity index is 309. The number of rotatable bonds is 2. The molecule has 0 fully saturated rings. The van der Waals surface area contributed by atoms with E-state index in [4.69, 9.17) is 4.52 Å². The minimum Gasteiger partial charge on any atom is -0.337 e. The van der Waals surface area contributed by atoms with Gasteiger partial charge in [-0.3, -0.25) is 0 Å². The molecule has 0 aromatic carbocycles. The second-order valence-electron chi connectivity index (χ2n) is 5.05. The summed E-state index contributed by atoms with van der Waals surface area (Å²) in [4.78, 5) is 4.38. The summed E-state index contributed by atoms with van der Waals surface area (Å²) in [5.41, 5.74) is -0.331. The molecule has 4 nitrogen and oxygen atoms in total. The first-order valence-corrected chi connectivity index (χ1v) is 4.81. The van der Waals surface area contributed by atoms with Crippen molar-refractivity contribution in [3.63, 3.8) is 0 Å². The van der Waals surface area contributed by atoms with Crippen LogP contribution in [-0.4, -0.2) is 17.2 Å². The summed E-state index contributed by atoms with van der Waals surface area (Å²) in [7, 11) is 1.88. The molecule has 0 saturated heterocycles. The molecule has 1 heterocycles. The van der Waals surface area contributed by atoms with Crippen molar-refractivity contribution in [2.45, 2.75) is 45.6 Å². The molecule has 1 aromatic heterocycles. The molecule has 0 amide bonds. The lowest BCUT2D eigenvalue weighted by Crippen LogP contribution is -2.33. The Kier molecular flexibility index (Phi) is 2.67. The molecular weight excluding hydrogens is 178 g/mol. The van der Waals surface area contributed by atoms with Crippen LogP contribution in [0.25, 0.3) is 0 Å². The fourth-order valence-electron chi connectivity index (χ4n) is 0.889. The maximum absolute atomic E-state index is 5.22. The molecule has 1 aromatic rings. The van der Waals surface area contributed by atoms with Crippen molar-refractivity contribution in [3.05, 3.63) is 11.7 Å². The molecule has 0 aliphatic heterocycles. The minimum atomic E-state index is -0.267. The highest BCUT2D eigenvalue weighted by Crippen LogP contribution is 2.23. The van der Waals surface area contributed by atoms with Crippen LogP contribution >= 0.6 is 0 Å². The molecule has 0 spiro atoms. The van der Waals surface area contributed by atoms with Crippen molar-refractivity contribution < 1.29 is 4.52 Å². The number of hydrogen-bond acceptors (Lipinski definition) is 4. The summed E-state index contributed by atoms with van der Waals surface area (Å²) in [6, 6.07) is 0. The summed E-state index contributed by atoms with van der Waals surface area (Å²) in [5.74, 6) is 1.38.